The standard InChI is InChI=1S/C16H19BrFN3O3Si/c1-25(2,3)5-4-24-9-20-13-7-10(18)6-12(17)14(13)21-15(20)11(8-19-21)16(22)23/h6-8H,4-5,9H2,1-3H3,(H,22,23). The lowest BCUT2D eigenvalue weighted by Gasteiger charge is -2.16. The monoisotopic (exact) mass is 427 g/mol. The molecule has 3 aromatic rings. The number of fused-ring (bicyclic) bond motifs is 3. The Morgan fingerprint density at radius 2 is 2.12 bits per heavy atom. The number of hydrogen-bond acceptors (Lipinski definition) is 3. The molecular formula is C16H19BrFN3O3Si. The highest BCUT2D eigenvalue weighted by Gasteiger charge is 2.22. The van der Waals surface area contributed by atoms with E-state index in [4.69, 9.17) is 4.74 Å². The number of halogens is 2. The summed E-state index contributed by atoms with van der Waals surface area (Å²) in [7, 11) is -1.23. The third kappa shape index (κ3) is 3.49. The van der Waals surface area contributed by atoms with Crippen molar-refractivity contribution in [2.24, 2.45) is 0 Å². The number of aromatic nitrogens is 3. The molecule has 0 aliphatic rings. The van der Waals surface area contributed by atoms with Gasteiger partial charge >= 0.3 is 5.97 Å². The smallest absolute Gasteiger partial charge is 0.341 e. The highest BCUT2D eigenvalue weighted by Crippen LogP contribution is 2.30. The van der Waals surface area contributed by atoms with E-state index in [1.807, 2.05) is 0 Å². The van der Waals surface area contributed by atoms with Crippen LogP contribution in [0.2, 0.25) is 25.7 Å². The number of carboxylic acids is 1. The van der Waals surface area contributed by atoms with Crippen molar-refractivity contribution >= 4 is 46.7 Å². The van der Waals surface area contributed by atoms with E-state index in [9.17, 15) is 14.3 Å². The average molecular weight is 428 g/mol. The number of carbonyl (C=O) groups is 1. The van der Waals surface area contributed by atoms with Gasteiger partial charge in [-0.05, 0) is 34.1 Å². The normalized spacial score (nSPS) is 12.4. The van der Waals surface area contributed by atoms with Gasteiger partial charge in [0.25, 0.3) is 0 Å². The van der Waals surface area contributed by atoms with Gasteiger partial charge in [0, 0.05) is 19.2 Å². The van der Waals surface area contributed by atoms with Gasteiger partial charge in [0.05, 0.1) is 11.7 Å². The van der Waals surface area contributed by atoms with Crippen LogP contribution in [0.25, 0.3) is 16.7 Å². The van der Waals surface area contributed by atoms with Crippen LogP contribution in [0.1, 0.15) is 10.4 Å². The number of rotatable bonds is 6. The zero-order valence-corrected chi connectivity index (χ0v) is 16.8. The molecular weight excluding hydrogens is 409 g/mol. The summed E-state index contributed by atoms with van der Waals surface area (Å²) >= 11 is 3.34. The lowest BCUT2D eigenvalue weighted by molar-refractivity contribution is 0.0696. The van der Waals surface area contributed by atoms with Crippen LogP contribution in [0.5, 0.6) is 0 Å². The average Bonchev–Trinajstić information content (AvgIpc) is 3.00. The molecule has 134 valence electrons. The molecule has 3 rings (SSSR count). The summed E-state index contributed by atoms with van der Waals surface area (Å²) in [4.78, 5) is 11.5. The predicted molar refractivity (Wildman–Crippen MR) is 99.4 cm³/mol. The Kier molecular flexibility index (Phi) is 4.73. The van der Waals surface area contributed by atoms with Crippen molar-refractivity contribution in [3.63, 3.8) is 0 Å². The van der Waals surface area contributed by atoms with Gasteiger partial charge in [0.15, 0.2) is 5.65 Å². The number of benzene rings is 1. The Morgan fingerprint density at radius 1 is 1.40 bits per heavy atom. The van der Waals surface area contributed by atoms with Gasteiger partial charge in [0.1, 0.15) is 23.6 Å². The minimum absolute atomic E-state index is 0.0531. The van der Waals surface area contributed by atoms with Gasteiger partial charge in [0.2, 0.25) is 0 Å². The van der Waals surface area contributed by atoms with Crippen molar-refractivity contribution in [1.82, 2.24) is 14.2 Å². The van der Waals surface area contributed by atoms with Gasteiger partial charge in [-0.25, -0.2) is 13.7 Å². The first-order valence-electron chi connectivity index (χ1n) is 7.85. The molecule has 0 amide bonds. The summed E-state index contributed by atoms with van der Waals surface area (Å²) in [5.41, 5.74) is 1.57. The summed E-state index contributed by atoms with van der Waals surface area (Å²) in [5, 5.41) is 13.6. The fourth-order valence-electron chi connectivity index (χ4n) is 2.66. The second kappa shape index (κ2) is 6.54. The molecule has 0 atom stereocenters. The van der Waals surface area contributed by atoms with Gasteiger partial charge in [-0.2, -0.15) is 5.10 Å². The number of aromatic carboxylic acids is 1. The molecule has 0 bridgehead atoms. The van der Waals surface area contributed by atoms with Crippen LogP contribution in [-0.4, -0.2) is 39.9 Å². The molecule has 0 saturated carbocycles. The van der Waals surface area contributed by atoms with E-state index in [0.717, 1.165) is 6.04 Å². The summed E-state index contributed by atoms with van der Waals surface area (Å²) in [6.45, 7) is 7.48. The molecule has 0 unspecified atom stereocenters. The first kappa shape index (κ1) is 18.1. The Bertz CT molecular complexity index is 961. The van der Waals surface area contributed by atoms with Crippen molar-refractivity contribution in [2.75, 3.05) is 6.61 Å². The fraction of sp³-hybridized carbons (Fsp3) is 0.375. The second-order valence-corrected chi connectivity index (χ2v) is 13.6. The summed E-state index contributed by atoms with van der Waals surface area (Å²) < 4.78 is 23.3. The van der Waals surface area contributed by atoms with E-state index in [1.54, 1.807) is 4.57 Å². The maximum absolute atomic E-state index is 13.9. The summed E-state index contributed by atoms with van der Waals surface area (Å²) in [6.07, 6.45) is 1.30. The fourth-order valence-corrected chi connectivity index (χ4v) is 4.01. The lowest BCUT2D eigenvalue weighted by atomic mass is 10.3. The molecule has 0 aliphatic heterocycles. The van der Waals surface area contributed by atoms with Gasteiger partial charge in [-0.15, -0.1) is 0 Å². The Balaban J connectivity index is 2.09. The van der Waals surface area contributed by atoms with E-state index >= 15 is 0 Å². The van der Waals surface area contributed by atoms with Crippen LogP contribution in [0.3, 0.4) is 0 Å². The molecule has 0 aliphatic carbocycles. The summed E-state index contributed by atoms with van der Waals surface area (Å²) in [6, 6.07) is 3.69. The van der Waals surface area contributed by atoms with Crippen LogP contribution in [-0.2, 0) is 11.5 Å². The largest absolute Gasteiger partial charge is 0.477 e. The summed E-state index contributed by atoms with van der Waals surface area (Å²) in [5.74, 6) is -1.50. The first-order valence-corrected chi connectivity index (χ1v) is 12.3. The number of imidazole rings is 1. The van der Waals surface area contributed by atoms with Crippen molar-refractivity contribution in [3.05, 3.63) is 34.2 Å². The lowest BCUT2D eigenvalue weighted by Crippen LogP contribution is -2.22. The quantitative estimate of drug-likeness (QED) is 0.472. The zero-order chi connectivity index (χ0) is 18.4. The van der Waals surface area contributed by atoms with Crippen LogP contribution < -0.4 is 0 Å². The maximum atomic E-state index is 13.9. The Hall–Kier alpha value is -1.71. The Labute approximate surface area is 153 Å². The molecule has 1 aromatic carbocycles. The third-order valence-electron chi connectivity index (χ3n) is 3.96. The van der Waals surface area contributed by atoms with E-state index in [2.05, 4.69) is 40.7 Å². The van der Waals surface area contributed by atoms with Crippen molar-refractivity contribution in [3.8, 4) is 0 Å². The molecule has 25 heavy (non-hydrogen) atoms. The van der Waals surface area contributed by atoms with Crippen molar-refractivity contribution in [1.29, 1.82) is 0 Å². The predicted octanol–water partition coefficient (Wildman–Crippen LogP) is 4.20. The number of ether oxygens (including phenoxy) is 1. The van der Waals surface area contributed by atoms with Crippen molar-refractivity contribution < 1.29 is 19.0 Å². The molecule has 0 radical (unpaired) electrons. The van der Waals surface area contributed by atoms with E-state index in [1.165, 1.54) is 22.8 Å². The number of hydrogen-bond donors (Lipinski definition) is 1. The molecule has 6 nitrogen and oxygen atoms in total. The molecule has 0 saturated heterocycles. The number of nitrogens with zero attached hydrogens (tertiary/aromatic N) is 3. The van der Waals surface area contributed by atoms with E-state index < -0.39 is 19.9 Å². The Morgan fingerprint density at radius 3 is 2.76 bits per heavy atom. The third-order valence-corrected chi connectivity index (χ3v) is 6.27. The molecule has 0 spiro atoms. The van der Waals surface area contributed by atoms with Gasteiger partial charge in [-0.1, -0.05) is 19.6 Å². The molecule has 0 fully saturated rings. The first-order chi connectivity index (χ1) is 11.7. The zero-order valence-electron chi connectivity index (χ0n) is 14.2. The van der Waals surface area contributed by atoms with E-state index in [0.29, 0.717) is 27.8 Å². The molecule has 2 aromatic heterocycles. The highest BCUT2D eigenvalue weighted by molar-refractivity contribution is 9.10. The minimum Gasteiger partial charge on any atom is -0.477 e. The van der Waals surface area contributed by atoms with Crippen LogP contribution in [0.4, 0.5) is 4.39 Å². The van der Waals surface area contributed by atoms with Crippen LogP contribution in [0, 0.1) is 5.82 Å². The van der Waals surface area contributed by atoms with Gasteiger partial charge < -0.3 is 9.84 Å². The van der Waals surface area contributed by atoms with E-state index in [-0.39, 0.29) is 12.3 Å². The van der Waals surface area contributed by atoms with Crippen molar-refractivity contribution in [2.45, 2.75) is 32.4 Å². The number of carboxylic acid groups (broad SMARTS) is 1. The minimum atomic E-state index is -1.23. The second-order valence-electron chi connectivity index (χ2n) is 7.13. The topological polar surface area (TPSA) is 68.8 Å². The molecule has 2 heterocycles. The maximum Gasteiger partial charge on any atom is 0.341 e. The highest BCUT2D eigenvalue weighted by atomic mass is 79.9. The molecule has 1 N–H and O–H groups in total. The SMILES string of the molecule is C[Si](C)(C)CCOCn1c2cc(F)cc(Br)c2n2ncc(C(=O)O)c12. The van der Waals surface area contributed by atoms with Crippen LogP contribution in [0.15, 0.2) is 22.8 Å². The van der Waals surface area contributed by atoms with Gasteiger partial charge in [-0.3, -0.25) is 4.57 Å². The van der Waals surface area contributed by atoms with Crippen LogP contribution >= 0.6 is 15.9 Å². The molecule has 9 heteroatoms.